The summed E-state index contributed by atoms with van der Waals surface area (Å²) in [6.07, 6.45) is 0.211. The van der Waals surface area contributed by atoms with Crippen molar-refractivity contribution < 1.29 is 23.1 Å². The molecule has 0 unspecified atom stereocenters. The Morgan fingerprint density at radius 3 is 2.41 bits per heavy atom. The number of amides is 1. The van der Waals surface area contributed by atoms with Gasteiger partial charge >= 0.3 is 5.97 Å². The van der Waals surface area contributed by atoms with Crippen molar-refractivity contribution in [1.29, 1.82) is 0 Å². The number of benzene rings is 2. The highest BCUT2D eigenvalue weighted by atomic mass is 32.2. The lowest BCUT2D eigenvalue weighted by molar-refractivity contribution is -0.142. The number of carbonyl (C=O) groups is 2. The number of primary amides is 1. The second-order valence-electron chi connectivity index (χ2n) is 6.60. The van der Waals surface area contributed by atoms with Gasteiger partial charge in [-0.3, -0.25) is 9.59 Å². The third-order valence-electron chi connectivity index (χ3n) is 4.75. The third-order valence-corrected chi connectivity index (χ3v) is 6.61. The van der Waals surface area contributed by atoms with Gasteiger partial charge in [-0.1, -0.05) is 30.3 Å². The largest absolute Gasteiger partial charge is 0.481 e. The van der Waals surface area contributed by atoms with Crippen LogP contribution in [0.25, 0.3) is 0 Å². The number of carboxylic acids is 1. The van der Waals surface area contributed by atoms with Crippen molar-refractivity contribution in [3.63, 3.8) is 0 Å². The molecular formula is C19H20N2O5S. The maximum absolute atomic E-state index is 13.3. The molecule has 27 heavy (non-hydrogen) atoms. The predicted octanol–water partition coefficient (Wildman–Crippen LogP) is 1.93. The molecule has 2 aromatic carbocycles. The summed E-state index contributed by atoms with van der Waals surface area (Å²) in [5.41, 5.74) is 6.60. The summed E-state index contributed by atoms with van der Waals surface area (Å²) < 4.78 is 27.8. The van der Waals surface area contributed by atoms with Gasteiger partial charge in [0.2, 0.25) is 15.9 Å². The number of aryl methyl sites for hydroxylation is 1. The van der Waals surface area contributed by atoms with E-state index in [4.69, 9.17) is 5.73 Å². The zero-order valence-electron chi connectivity index (χ0n) is 14.7. The maximum atomic E-state index is 13.3. The van der Waals surface area contributed by atoms with Gasteiger partial charge in [0.1, 0.15) is 0 Å². The van der Waals surface area contributed by atoms with Crippen molar-refractivity contribution in [2.45, 2.75) is 24.3 Å². The van der Waals surface area contributed by atoms with Gasteiger partial charge in [0, 0.05) is 12.1 Å². The molecule has 0 aliphatic carbocycles. The molecule has 0 bridgehead atoms. The minimum Gasteiger partial charge on any atom is -0.481 e. The fourth-order valence-electron chi connectivity index (χ4n) is 3.52. The SMILES string of the molecule is Cc1cc(C(N)=O)cc(S(=O)(=O)N2CC[C@H](C(=O)O)[C@@H]2c2ccccc2)c1. The van der Waals surface area contributed by atoms with Crippen LogP contribution >= 0.6 is 0 Å². The van der Waals surface area contributed by atoms with Crippen molar-refractivity contribution in [3.8, 4) is 0 Å². The zero-order valence-corrected chi connectivity index (χ0v) is 15.5. The standard InChI is InChI=1S/C19H20N2O5S/c1-12-9-14(18(20)22)11-15(10-12)27(25,26)21-8-7-16(19(23)24)17(21)13-5-3-2-4-6-13/h2-6,9-11,16-17H,7-8H2,1H3,(H2,20,22)(H,23,24)/t16-,17-/m0/s1. The normalized spacial score (nSPS) is 20.5. The first-order chi connectivity index (χ1) is 12.7. The van der Waals surface area contributed by atoms with Gasteiger partial charge in [0.25, 0.3) is 0 Å². The molecule has 142 valence electrons. The number of sulfonamides is 1. The van der Waals surface area contributed by atoms with E-state index in [0.717, 1.165) is 0 Å². The summed E-state index contributed by atoms with van der Waals surface area (Å²) in [4.78, 5) is 23.2. The Hall–Kier alpha value is -2.71. The Morgan fingerprint density at radius 2 is 1.81 bits per heavy atom. The number of carbonyl (C=O) groups excluding carboxylic acids is 1. The summed E-state index contributed by atoms with van der Waals surface area (Å²) >= 11 is 0. The van der Waals surface area contributed by atoms with E-state index in [1.165, 1.54) is 22.5 Å². The fourth-order valence-corrected chi connectivity index (χ4v) is 5.31. The lowest BCUT2D eigenvalue weighted by atomic mass is 9.94. The molecule has 1 fully saturated rings. The molecule has 2 aromatic rings. The second kappa shape index (κ2) is 7.13. The van der Waals surface area contributed by atoms with Gasteiger partial charge in [-0.15, -0.1) is 0 Å². The molecular weight excluding hydrogens is 368 g/mol. The second-order valence-corrected chi connectivity index (χ2v) is 8.49. The lowest BCUT2D eigenvalue weighted by Gasteiger charge is -2.27. The van der Waals surface area contributed by atoms with Crippen LogP contribution in [0.3, 0.4) is 0 Å². The van der Waals surface area contributed by atoms with Crippen molar-refractivity contribution in [3.05, 3.63) is 65.2 Å². The Labute approximate surface area is 157 Å². The average Bonchev–Trinajstić information content (AvgIpc) is 3.08. The van der Waals surface area contributed by atoms with E-state index >= 15 is 0 Å². The Morgan fingerprint density at radius 1 is 1.15 bits per heavy atom. The number of hydrogen-bond donors (Lipinski definition) is 2. The number of carboxylic acid groups (broad SMARTS) is 1. The lowest BCUT2D eigenvalue weighted by Crippen LogP contribution is -2.34. The molecule has 1 aliphatic heterocycles. The molecule has 0 spiro atoms. The van der Waals surface area contributed by atoms with Crippen LogP contribution in [-0.2, 0) is 14.8 Å². The first kappa shape index (κ1) is 19.1. The molecule has 8 heteroatoms. The summed E-state index contributed by atoms with van der Waals surface area (Å²) in [7, 11) is -4.02. The molecule has 1 heterocycles. The molecule has 1 saturated heterocycles. The molecule has 1 amide bonds. The van der Waals surface area contributed by atoms with Crippen LogP contribution in [0.1, 0.15) is 33.9 Å². The summed E-state index contributed by atoms with van der Waals surface area (Å²) in [5, 5.41) is 9.58. The number of nitrogens with zero attached hydrogens (tertiary/aromatic N) is 1. The number of rotatable bonds is 5. The quantitative estimate of drug-likeness (QED) is 0.811. The van der Waals surface area contributed by atoms with Gasteiger partial charge in [0.05, 0.1) is 16.9 Å². The molecule has 7 nitrogen and oxygen atoms in total. The van der Waals surface area contributed by atoms with Crippen molar-refractivity contribution in [1.82, 2.24) is 4.31 Å². The fraction of sp³-hybridized carbons (Fsp3) is 0.263. The summed E-state index contributed by atoms with van der Waals surface area (Å²) in [6, 6.07) is 12.1. The average molecular weight is 388 g/mol. The molecule has 0 saturated carbocycles. The monoisotopic (exact) mass is 388 g/mol. The minimum absolute atomic E-state index is 0.0664. The van der Waals surface area contributed by atoms with E-state index in [1.807, 2.05) is 0 Å². The van der Waals surface area contributed by atoms with Crippen LogP contribution in [0.2, 0.25) is 0 Å². The number of aliphatic carboxylic acids is 1. The first-order valence-electron chi connectivity index (χ1n) is 8.43. The number of nitrogens with two attached hydrogens (primary N) is 1. The molecule has 0 aromatic heterocycles. The van der Waals surface area contributed by atoms with Crippen LogP contribution in [0.4, 0.5) is 0 Å². The van der Waals surface area contributed by atoms with E-state index < -0.39 is 33.9 Å². The molecule has 0 radical (unpaired) electrons. The molecule has 3 rings (SSSR count). The molecule has 1 aliphatic rings. The van der Waals surface area contributed by atoms with Gasteiger partial charge in [-0.05, 0) is 42.7 Å². The van der Waals surface area contributed by atoms with E-state index in [2.05, 4.69) is 0 Å². The third kappa shape index (κ3) is 3.58. The van der Waals surface area contributed by atoms with Crippen LogP contribution in [0, 0.1) is 12.8 Å². The highest BCUT2D eigenvalue weighted by Gasteiger charge is 2.45. The Kier molecular flexibility index (Phi) is 5.03. The van der Waals surface area contributed by atoms with Gasteiger partial charge in [-0.2, -0.15) is 4.31 Å². The highest BCUT2D eigenvalue weighted by molar-refractivity contribution is 7.89. The Bertz CT molecular complexity index is 988. The van der Waals surface area contributed by atoms with E-state index in [0.29, 0.717) is 11.1 Å². The van der Waals surface area contributed by atoms with Crippen LogP contribution < -0.4 is 5.73 Å². The smallest absolute Gasteiger partial charge is 0.308 e. The van der Waals surface area contributed by atoms with E-state index in [9.17, 15) is 23.1 Å². The van der Waals surface area contributed by atoms with Gasteiger partial charge < -0.3 is 10.8 Å². The van der Waals surface area contributed by atoms with Crippen molar-refractivity contribution >= 4 is 21.9 Å². The molecule has 3 N–H and O–H groups in total. The van der Waals surface area contributed by atoms with Crippen molar-refractivity contribution in [2.75, 3.05) is 6.54 Å². The van der Waals surface area contributed by atoms with Crippen LogP contribution in [0.5, 0.6) is 0 Å². The Balaban J connectivity index is 2.10. The topological polar surface area (TPSA) is 118 Å². The summed E-state index contributed by atoms with van der Waals surface area (Å²) in [5.74, 6) is -2.61. The molecule has 2 atom stereocenters. The zero-order chi connectivity index (χ0) is 19.8. The predicted molar refractivity (Wildman–Crippen MR) is 98.5 cm³/mol. The first-order valence-corrected chi connectivity index (χ1v) is 9.87. The summed E-state index contributed by atoms with van der Waals surface area (Å²) in [6.45, 7) is 1.75. The van der Waals surface area contributed by atoms with Crippen LogP contribution in [0.15, 0.2) is 53.4 Å². The van der Waals surface area contributed by atoms with E-state index in [-0.39, 0.29) is 23.4 Å². The minimum atomic E-state index is -4.02. The van der Waals surface area contributed by atoms with Gasteiger partial charge in [0.15, 0.2) is 0 Å². The van der Waals surface area contributed by atoms with E-state index in [1.54, 1.807) is 37.3 Å². The highest BCUT2D eigenvalue weighted by Crippen LogP contribution is 2.41. The van der Waals surface area contributed by atoms with Crippen molar-refractivity contribution in [2.24, 2.45) is 11.7 Å². The van der Waals surface area contributed by atoms with Crippen LogP contribution in [-0.4, -0.2) is 36.3 Å². The van der Waals surface area contributed by atoms with Gasteiger partial charge in [-0.25, -0.2) is 8.42 Å². The number of hydrogen-bond acceptors (Lipinski definition) is 4. The maximum Gasteiger partial charge on any atom is 0.308 e.